The van der Waals surface area contributed by atoms with Crippen LogP contribution in [-0.2, 0) is 6.54 Å². The van der Waals surface area contributed by atoms with E-state index in [2.05, 4.69) is 26.2 Å². The molecule has 28 heavy (non-hydrogen) atoms. The van der Waals surface area contributed by atoms with Crippen LogP contribution in [0.5, 0.6) is 5.75 Å². The quantitative estimate of drug-likeness (QED) is 0.634. The topological polar surface area (TPSA) is 73.2 Å². The van der Waals surface area contributed by atoms with Crippen LogP contribution in [0.25, 0.3) is 10.9 Å². The average Bonchev–Trinajstić information content (AvgIpc) is 2.65. The number of benzene rings is 1. The highest BCUT2D eigenvalue weighted by atomic mass is 79.9. The van der Waals surface area contributed by atoms with E-state index in [4.69, 9.17) is 4.74 Å². The number of aryl methyl sites for hydroxylation is 1. The zero-order valence-electron chi connectivity index (χ0n) is 16.2. The smallest absolute Gasteiger partial charge is 0.267 e. The van der Waals surface area contributed by atoms with Crippen molar-refractivity contribution in [2.45, 2.75) is 27.3 Å². The van der Waals surface area contributed by atoms with Gasteiger partial charge in [-0.1, -0.05) is 35.8 Å². The van der Waals surface area contributed by atoms with Crippen molar-refractivity contribution in [1.29, 1.82) is 0 Å². The molecule has 0 aliphatic heterocycles. The molecule has 2 heterocycles. The summed E-state index contributed by atoms with van der Waals surface area (Å²) in [5, 5.41) is 3.45. The number of halogens is 1. The number of rotatable bonds is 5. The first-order valence-corrected chi connectivity index (χ1v) is 9.75. The Hall–Kier alpha value is -2.67. The Balaban J connectivity index is 2.25. The summed E-state index contributed by atoms with van der Waals surface area (Å²) in [5.41, 5.74) is 1.11. The lowest BCUT2D eigenvalue weighted by Gasteiger charge is -2.18. The molecule has 0 saturated heterocycles. The maximum Gasteiger partial charge on any atom is 0.267 e. The summed E-state index contributed by atoms with van der Waals surface area (Å²) in [4.78, 5) is 30.6. The van der Waals surface area contributed by atoms with Crippen LogP contribution in [-0.4, -0.2) is 22.6 Å². The first-order valence-electron chi connectivity index (χ1n) is 8.96. The summed E-state index contributed by atoms with van der Waals surface area (Å²) in [5.74, 6) is 0.368. The van der Waals surface area contributed by atoms with Crippen molar-refractivity contribution in [2.24, 2.45) is 5.92 Å². The molecule has 3 aromatic rings. The van der Waals surface area contributed by atoms with E-state index in [-0.39, 0.29) is 22.8 Å². The maximum atomic E-state index is 13.3. The summed E-state index contributed by atoms with van der Waals surface area (Å²) >= 11 is 3.46. The number of amides is 1. The molecule has 0 aliphatic rings. The monoisotopic (exact) mass is 443 g/mol. The standard InChI is InChI=1S/C21H22BrN3O3/c1-12(2)11-25-16-10-14(22)7-8-15(16)18(28-4)17(21(25)27)20(26)24-19-13(3)6-5-9-23-19/h5-10,12H,11H2,1-4H3,(H,23,24,26). The average molecular weight is 444 g/mol. The van der Waals surface area contributed by atoms with E-state index in [1.165, 1.54) is 7.11 Å². The zero-order valence-corrected chi connectivity index (χ0v) is 17.8. The van der Waals surface area contributed by atoms with E-state index in [9.17, 15) is 9.59 Å². The number of fused-ring (bicyclic) bond motifs is 1. The van der Waals surface area contributed by atoms with E-state index in [0.29, 0.717) is 17.7 Å². The number of methoxy groups -OCH3 is 1. The SMILES string of the molecule is COc1c(C(=O)Nc2ncccc2C)c(=O)n(CC(C)C)c2cc(Br)ccc12. The van der Waals surface area contributed by atoms with Crippen molar-refractivity contribution >= 4 is 38.6 Å². The fourth-order valence-electron chi connectivity index (χ4n) is 3.14. The van der Waals surface area contributed by atoms with Crippen LogP contribution in [0.3, 0.4) is 0 Å². The van der Waals surface area contributed by atoms with Gasteiger partial charge in [0.1, 0.15) is 17.1 Å². The van der Waals surface area contributed by atoms with Crippen molar-refractivity contribution < 1.29 is 9.53 Å². The summed E-state index contributed by atoms with van der Waals surface area (Å²) < 4.78 is 8.00. The lowest BCUT2D eigenvalue weighted by atomic mass is 10.1. The van der Waals surface area contributed by atoms with Gasteiger partial charge in [0, 0.05) is 22.6 Å². The molecule has 146 valence electrons. The zero-order chi connectivity index (χ0) is 20.4. The second-order valence-corrected chi connectivity index (χ2v) is 7.92. The second kappa shape index (κ2) is 8.14. The predicted octanol–water partition coefficient (Wildman–Crippen LogP) is 4.38. The van der Waals surface area contributed by atoms with E-state index < -0.39 is 5.91 Å². The molecule has 2 aromatic heterocycles. The number of hydrogen-bond acceptors (Lipinski definition) is 4. The summed E-state index contributed by atoms with van der Waals surface area (Å²) in [7, 11) is 1.46. The Labute approximate surface area is 171 Å². The first-order chi connectivity index (χ1) is 13.3. The molecule has 0 bridgehead atoms. The summed E-state index contributed by atoms with van der Waals surface area (Å²) in [6.07, 6.45) is 1.59. The number of anilines is 1. The van der Waals surface area contributed by atoms with E-state index in [0.717, 1.165) is 15.6 Å². The van der Waals surface area contributed by atoms with Gasteiger partial charge in [0.2, 0.25) is 0 Å². The van der Waals surface area contributed by atoms with Gasteiger partial charge in [-0.25, -0.2) is 4.98 Å². The number of carbonyl (C=O) groups excluding carboxylic acids is 1. The van der Waals surface area contributed by atoms with Crippen LogP contribution in [0.2, 0.25) is 0 Å². The third kappa shape index (κ3) is 3.80. The lowest BCUT2D eigenvalue weighted by molar-refractivity contribution is 0.102. The van der Waals surface area contributed by atoms with Gasteiger partial charge < -0.3 is 14.6 Å². The second-order valence-electron chi connectivity index (χ2n) is 7.00. The highest BCUT2D eigenvalue weighted by Gasteiger charge is 2.24. The molecule has 0 aliphatic carbocycles. The Morgan fingerprint density at radius 3 is 2.71 bits per heavy atom. The van der Waals surface area contributed by atoms with Crippen LogP contribution in [0.4, 0.5) is 5.82 Å². The number of nitrogens with zero attached hydrogens (tertiary/aromatic N) is 2. The molecular formula is C21H22BrN3O3. The predicted molar refractivity (Wildman–Crippen MR) is 114 cm³/mol. The minimum Gasteiger partial charge on any atom is -0.495 e. The number of aromatic nitrogens is 2. The summed E-state index contributed by atoms with van der Waals surface area (Å²) in [6.45, 7) is 6.38. The molecule has 1 aromatic carbocycles. The highest BCUT2D eigenvalue weighted by Crippen LogP contribution is 2.30. The van der Waals surface area contributed by atoms with Gasteiger partial charge in [0.05, 0.1) is 12.6 Å². The molecule has 7 heteroatoms. The number of ether oxygens (including phenoxy) is 1. The molecule has 6 nitrogen and oxygen atoms in total. The van der Waals surface area contributed by atoms with Gasteiger partial charge in [-0.2, -0.15) is 0 Å². The first kappa shape index (κ1) is 20.1. The Bertz CT molecular complexity index is 1110. The third-order valence-corrected chi connectivity index (χ3v) is 4.89. The largest absolute Gasteiger partial charge is 0.495 e. The Morgan fingerprint density at radius 1 is 1.32 bits per heavy atom. The lowest BCUT2D eigenvalue weighted by Crippen LogP contribution is -2.32. The van der Waals surface area contributed by atoms with Crippen molar-refractivity contribution in [2.75, 3.05) is 12.4 Å². The van der Waals surface area contributed by atoms with Crippen LogP contribution in [0.1, 0.15) is 29.8 Å². The highest BCUT2D eigenvalue weighted by molar-refractivity contribution is 9.10. The van der Waals surface area contributed by atoms with Crippen molar-refractivity contribution in [3.8, 4) is 5.75 Å². The van der Waals surface area contributed by atoms with Gasteiger partial charge in [0.15, 0.2) is 0 Å². The minimum absolute atomic E-state index is 0.0250. The van der Waals surface area contributed by atoms with Crippen molar-refractivity contribution in [3.63, 3.8) is 0 Å². The molecule has 0 spiro atoms. The molecular weight excluding hydrogens is 422 g/mol. The molecule has 0 fully saturated rings. The molecule has 0 atom stereocenters. The van der Waals surface area contributed by atoms with Crippen LogP contribution >= 0.6 is 15.9 Å². The van der Waals surface area contributed by atoms with Crippen molar-refractivity contribution in [1.82, 2.24) is 9.55 Å². The Morgan fingerprint density at radius 2 is 2.07 bits per heavy atom. The number of carbonyl (C=O) groups is 1. The van der Waals surface area contributed by atoms with Gasteiger partial charge in [-0.3, -0.25) is 9.59 Å². The molecule has 0 unspecified atom stereocenters. The minimum atomic E-state index is -0.536. The molecule has 3 rings (SSSR count). The summed E-state index contributed by atoms with van der Waals surface area (Å²) in [6, 6.07) is 9.20. The van der Waals surface area contributed by atoms with E-state index >= 15 is 0 Å². The number of hydrogen-bond donors (Lipinski definition) is 1. The van der Waals surface area contributed by atoms with Gasteiger partial charge in [0.25, 0.3) is 11.5 Å². The van der Waals surface area contributed by atoms with Crippen LogP contribution in [0.15, 0.2) is 45.8 Å². The van der Waals surface area contributed by atoms with Gasteiger partial charge in [-0.15, -0.1) is 0 Å². The third-order valence-electron chi connectivity index (χ3n) is 4.40. The van der Waals surface area contributed by atoms with Gasteiger partial charge >= 0.3 is 0 Å². The van der Waals surface area contributed by atoms with Crippen LogP contribution in [0, 0.1) is 12.8 Å². The number of pyridine rings is 2. The molecule has 1 N–H and O–H groups in total. The fraction of sp³-hybridized carbons (Fsp3) is 0.286. The van der Waals surface area contributed by atoms with Crippen molar-refractivity contribution in [3.05, 3.63) is 62.5 Å². The normalized spacial score (nSPS) is 11.1. The van der Waals surface area contributed by atoms with E-state index in [1.54, 1.807) is 16.8 Å². The Kier molecular flexibility index (Phi) is 5.84. The molecule has 0 saturated carbocycles. The molecule has 0 radical (unpaired) electrons. The van der Waals surface area contributed by atoms with Gasteiger partial charge in [-0.05, 0) is 42.7 Å². The van der Waals surface area contributed by atoms with E-state index in [1.807, 2.05) is 45.0 Å². The molecule has 1 amide bonds. The number of nitrogens with one attached hydrogen (secondary N) is 1. The van der Waals surface area contributed by atoms with Crippen LogP contribution < -0.4 is 15.6 Å². The fourth-order valence-corrected chi connectivity index (χ4v) is 3.49. The maximum absolute atomic E-state index is 13.3.